The zero-order chi connectivity index (χ0) is 16.8. The molecule has 0 saturated carbocycles. The number of aromatic nitrogens is 1. The summed E-state index contributed by atoms with van der Waals surface area (Å²) in [6.45, 7) is 3.83. The van der Waals surface area contributed by atoms with Crippen molar-refractivity contribution in [1.29, 1.82) is 0 Å². The Morgan fingerprint density at radius 2 is 1.88 bits per heavy atom. The molecule has 1 aliphatic heterocycles. The van der Waals surface area contributed by atoms with Crippen LogP contribution in [0.25, 0.3) is 0 Å². The number of benzene rings is 1. The molecule has 0 aliphatic carbocycles. The van der Waals surface area contributed by atoms with Crippen molar-refractivity contribution in [2.24, 2.45) is 0 Å². The molecule has 0 bridgehead atoms. The number of carbonyl (C=O) groups is 1. The normalized spacial score (nSPS) is 15.0. The third-order valence-corrected chi connectivity index (χ3v) is 4.55. The molecule has 24 heavy (non-hydrogen) atoms. The van der Waals surface area contributed by atoms with Crippen molar-refractivity contribution in [3.63, 3.8) is 0 Å². The lowest BCUT2D eigenvalue weighted by Gasteiger charge is -2.20. The van der Waals surface area contributed by atoms with E-state index in [2.05, 4.69) is 29.4 Å². The largest absolute Gasteiger partial charge is 0.355 e. The van der Waals surface area contributed by atoms with Gasteiger partial charge in [-0.15, -0.1) is 0 Å². The van der Waals surface area contributed by atoms with Crippen molar-refractivity contribution in [3.05, 3.63) is 53.9 Å². The standard InChI is InChI=1S/C20H25N3O/c1-2-16-9-5-6-10-18(16)22-17-11-12-21-19(15-17)20(24)23-13-7-3-4-8-14-23/h5-6,9-12,15H,2-4,7-8,13-14H2,1H3,(H,21,22). The number of anilines is 2. The highest BCUT2D eigenvalue weighted by molar-refractivity contribution is 5.93. The number of amides is 1. The van der Waals surface area contributed by atoms with Crippen LogP contribution in [0.3, 0.4) is 0 Å². The van der Waals surface area contributed by atoms with Crippen LogP contribution in [-0.2, 0) is 6.42 Å². The molecule has 1 aromatic carbocycles. The zero-order valence-electron chi connectivity index (χ0n) is 14.3. The second-order valence-electron chi connectivity index (χ2n) is 6.27. The number of rotatable bonds is 4. The van der Waals surface area contributed by atoms with Crippen molar-refractivity contribution in [2.75, 3.05) is 18.4 Å². The van der Waals surface area contributed by atoms with E-state index >= 15 is 0 Å². The summed E-state index contributed by atoms with van der Waals surface area (Å²) in [5.41, 5.74) is 3.77. The van der Waals surface area contributed by atoms with Gasteiger partial charge in [0, 0.05) is 30.7 Å². The average molecular weight is 323 g/mol. The quantitative estimate of drug-likeness (QED) is 0.907. The third-order valence-electron chi connectivity index (χ3n) is 4.55. The van der Waals surface area contributed by atoms with Gasteiger partial charge in [-0.2, -0.15) is 0 Å². The Hall–Kier alpha value is -2.36. The van der Waals surface area contributed by atoms with Crippen LogP contribution in [0, 0.1) is 0 Å². The summed E-state index contributed by atoms with van der Waals surface area (Å²) in [5, 5.41) is 3.42. The number of hydrogen-bond donors (Lipinski definition) is 1. The molecule has 0 atom stereocenters. The second kappa shape index (κ2) is 7.95. The Kier molecular flexibility index (Phi) is 5.47. The number of pyridine rings is 1. The molecule has 2 heterocycles. The first-order chi connectivity index (χ1) is 11.8. The third kappa shape index (κ3) is 3.94. The van der Waals surface area contributed by atoms with Crippen LogP contribution in [-0.4, -0.2) is 28.9 Å². The van der Waals surface area contributed by atoms with Gasteiger partial charge in [-0.05, 0) is 43.0 Å². The predicted molar refractivity (Wildman–Crippen MR) is 97.7 cm³/mol. The van der Waals surface area contributed by atoms with E-state index < -0.39 is 0 Å². The van der Waals surface area contributed by atoms with E-state index in [0.717, 1.165) is 43.7 Å². The van der Waals surface area contributed by atoms with Gasteiger partial charge in [-0.1, -0.05) is 38.0 Å². The summed E-state index contributed by atoms with van der Waals surface area (Å²) in [6, 6.07) is 12.0. The van der Waals surface area contributed by atoms with Gasteiger partial charge in [0.05, 0.1) is 0 Å². The van der Waals surface area contributed by atoms with Crippen LogP contribution in [0.2, 0.25) is 0 Å². The summed E-state index contributed by atoms with van der Waals surface area (Å²) in [6.07, 6.45) is 7.29. The Bertz CT molecular complexity index is 691. The number of aryl methyl sites for hydroxylation is 1. The molecule has 2 aromatic rings. The Labute approximate surface area is 143 Å². The molecular weight excluding hydrogens is 298 g/mol. The number of hydrogen-bond acceptors (Lipinski definition) is 3. The number of likely N-dealkylation sites (tertiary alicyclic amines) is 1. The Morgan fingerprint density at radius 1 is 1.12 bits per heavy atom. The summed E-state index contributed by atoms with van der Waals surface area (Å²) in [5.74, 6) is 0.0457. The lowest BCUT2D eigenvalue weighted by atomic mass is 10.1. The van der Waals surface area contributed by atoms with Crippen LogP contribution in [0.5, 0.6) is 0 Å². The van der Waals surface area contributed by atoms with Gasteiger partial charge in [0.2, 0.25) is 0 Å². The lowest BCUT2D eigenvalue weighted by Crippen LogP contribution is -2.32. The SMILES string of the molecule is CCc1ccccc1Nc1ccnc(C(=O)N2CCCCCC2)c1. The molecule has 0 radical (unpaired) electrons. The fourth-order valence-corrected chi connectivity index (χ4v) is 3.17. The predicted octanol–water partition coefficient (Wildman–Crippen LogP) is 4.40. The Morgan fingerprint density at radius 3 is 2.62 bits per heavy atom. The highest BCUT2D eigenvalue weighted by atomic mass is 16.2. The van der Waals surface area contributed by atoms with Gasteiger partial charge in [0.25, 0.3) is 5.91 Å². The van der Waals surface area contributed by atoms with E-state index in [1.807, 2.05) is 29.2 Å². The summed E-state index contributed by atoms with van der Waals surface area (Å²) in [7, 11) is 0. The molecule has 126 valence electrons. The molecule has 0 spiro atoms. The molecule has 0 unspecified atom stereocenters. The maximum atomic E-state index is 12.7. The topological polar surface area (TPSA) is 45.2 Å². The molecule has 1 aromatic heterocycles. The van der Waals surface area contributed by atoms with E-state index in [9.17, 15) is 4.79 Å². The lowest BCUT2D eigenvalue weighted by molar-refractivity contribution is 0.0756. The average Bonchev–Trinajstić information content (AvgIpc) is 2.91. The molecule has 4 heteroatoms. The van der Waals surface area contributed by atoms with Crippen molar-refractivity contribution < 1.29 is 4.79 Å². The number of nitrogens with zero attached hydrogens (tertiary/aromatic N) is 2. The fraction of sp³-hybridized carbons (Fsp3) is 0.400. The zero-order valence-corrected chi connectivity index (χ0v) is 14.3. The highest BCUT2D eigenvalue weighted by Crippen LogP contribution is 2.22. The van der Waals surface area contributed by atoms with Crippen LogP contribution >= 0.6 is 0 Å². The summed E-state index contributed by atoms with van der Waals surface area (Å²) < 4.78 is 0. The minimum atomic E-state index is 0.0457. The Balaban J connectivity index is 1.77. The second-order valence-corrected chi connectivity index (χ2v) is 6.27. The molecule has 1 aliphatic rings. The number of carbonyl (C=O) groups excluding carboxylic acids is 1. The molecule has 1 amide bonds. The maximum Gasteiger partial charge on any atom is 0.272 e. The molecule has 3 rings (SSSR count). The maximum absolute atomic E-state index is 12.7. The first-order valence-corrected chi connectivity index (χ1v) is 8.88. The van der Waals surface area contributed by atoms with Crippen molar-refractivity contribution in [2.45, 2.75) is 39.0 Å². The fourth-order valence-electron chi connectivity index (χ4n) is 3.17. The van der Waals surface area contributed by atoms with Crippen LogP contribution in [0.1, 0.15) is 48.7 Å². The minimum absolute atomic E-state index is 0.0457. The van der Waals surface area contributed by atoms with Crippen LogP contribution < -0.4 is 5.32 Å². The monoisotopic (exact) mass is 323 g/mol. The van der Waals surface area contributed by atoms with E-state index in [1.165, 1.54) is 18.4 Å². The van der Waals surface area contributed by atoms with E-state index in [1.54, 1.807) is 6.20 Å². The van der Waals surface area contributed by atoms with Gasteiger partial charge in [0.1, 0.15) is 5.69 Å². The van der Waals surface area contributed by atoms with Gasteiger partial charge < -0.3 is 10.2 Å². The minimum Gasteiger partial charge on any atom is -0.355 e. The van der Waals surface area contributed by atoms with Crippen molar-refractivity contribution in [1.82, 2.24) is 9.88 Å². The van der Waals surface area contributed by atoms with Gasteiger partial charge in [-0.3, -0.25) is 9.78 Å². The van der Waals surface area contributed by atoms with Crippen LogP contribution in [0.15, 0.2) is 42.6 Å². The summed E-state index contributed by atoms with van der Waals surface area (Å²) in [4.78, 5) is 19.0. The van der Waals surface area contributed by atoms with E-state index in [4.69, 9.17) is 0 Å². The number of para-hydroxylation sites is 1. The first-order valence-electron chi connectivity index (χ1n) is 8.88. The molecule has 1 N–H and O–H groups in total. The van der Waals surface area contributed by atoms with E-state index in [-0.39, 0.29) is 5.91 Å². The van der Waals surface area contributed by atoms with Crippen LogP contribution in [0.4, 0.5) is 11.4 Å². The van der Waals surface area contributed by atoms with Gasteiger partial charge in [0.15, 0.2) is 0 Å². The summed E-state index contributed by atoms with van der Waals surface area (Å²) >= 11 is 0. The smallest absolute Gasteiger partial charge is 0.272 e. The van der Waals surface area contributed by atoms with Gasteiger partial charge in [-0.25, -0.2) is 0 Å². The highest BCUT2D eigenvalue weighted by Gasteiger charge is 2.18. The van der Waals surface area contributed by atoms with Crippen molar-refractivity contribution in [3.8, 4) is 0 Å². The van der Waals surface area contributed by atoms with Gasteiger partial charge >= 0.3 is 0 Å². The molecule has 1 fully saturated rings. The molecular formula is C20H25N3O. The molecule has 4 nitrogen and oxygen atoms in total. The first kappa shape index (κ1) is 16.5. The number of nitrogens with one attached hydrogen (secondary N) is 1. The van der Waals surface area contributed by atoms with Crippen molar-refractivity contribution >= 4 is 17.3 Å². The van der Waals surface area contributed by atoms with E-state index in [0.29, 0.717) is 5.69 Å². The molecule has 1 saturated heterocycles.